The van der Waals surface area contributed by atoms with E-state index in [-0.39, 0.29) is 17.9 Å². The van der Waals surface area contributed by atoms with Gasteiger partial charge in [-0.2, -0.15) is 0 Å². The Morgan fingerprint density at radius 1 is 1.43 bits per heavy atom. The van der Waals surface area contributed by atoms with Crippen molar-refractivity contribution in [1.29, 1.82) is 0 Å². The van der Waals surface area contributed by atoms with Crippen LogP contribution >= 0.6 is 0 Å². The summed E-state index contributed by atoms with van der Waals surface area (Å²) in [7, 11) is 1.71. The third kappa shape index (κ3) is 4.32. The van der Waals surface area contributed by atoms with Crippen LogP contribution in [0.3, 0.4) is 0 Å². The summed E-state index contributed by atoms with van der Waals surface area (Å²) in [5.41, 5.74) is 6.96. The van der Waals surface area contributed by atoms with Crippen molar-refractivity contribution < 1.29 is 9.53 Å². The molecule has 3 N–H and O–H groups in total. The minimum atomic E-state index is -0.0689. The Morgan fingerprint density at radius 2 is 2.19 bits per heavy atom. The molecule has 0 aromatic heterocycles. The maximum Gasteiger partial charge on any atom is 0.252 e. The summed E-state index contributed by atoms with van der Waals surface area (Å²) >= 11 is 0. The molecule has 0 saturated heterocycles. The van der Waals surface area contributed by atoms with Crippen LogP contribution in [-0.2, 0) is 4.74 Å². The number of amides is 1. The van der Waals surface area contributed by atoms with Crippen molar-refractivity contribution in [1.82, 2.24) is 5.32 Å². The molecule has 112 valence electrons. The van der Waals surface area contributed by atoms with Crippen LogP contribution < -0.4 is 11.1 Å². The SMILES string of the molecule is COCCC1(CNC(=O)c2ccccc2C#CCN)CC1. The predicted octanol–water partition coefficient (Wildman–Crippen LogP) is 1.54. The quantitative estimate of drug-likeness (QED) is 0.780. The van der Waals surface area contributed by atoms with Crippen molar-refractivity contribution in [3.63, 3.8) is 0 Å². The monoisotopic (exact) mass is 286 g/mol. The first-order chi connectivity index (χ1) is 10.2. The van der Waals surface area contributed by atoms with Gasteiger partial charge in [0.2, 0.25) is 0 Å². The number of carbonyl (C=O) groups excluding carboxylic acids is 1. The van der Waals surface area contributed by atoms with Crippen molar-refractivity contribution in [3.8, 4) is 11.8 Å². The molecule has 0 spiro atoms. The van der Waals surface area contributed by atoms with Gasteiger partial charge in [0.05, 0.1) is 12.1 Å². The summed E-state index contributed by atoms with van der Waals surface area (Å²) in [6.45, 7) is 1.73. The second kappa shape index (κ2) is 7.26. The van der Waals surface area contributed by atoms with Crippen molar-refractivity contribution in [3.05, 3.63) is 35.4 Å². The van der Waals surface area contributed by atoms with Crippen molar-refractivity contribution in [2.45, 2.75) is 19.3 Å². The Balaban J connectivity index is 1.98. The fraction of sp³-hybridized carbons (Fsp3) is 0.471. The molecule has 2 rings (SSSR count). The van der Waals surface area contributed by atoms with Crippen molar-refractivity contribution >= 4 is 5.91 Å². The molecule has 1 fully saturated rings. The average Bonchev–Trinajstić information content (AvgIpc) is 3.29. The Hall–Kier alpha value is -1.83. The second-order valence-electron chi connectivity index (χ2n) is 5.48. The van der Waals surface area contributed by atoms with Gasteiger partial charge in [0.15, 0.2) is 0 Å². The van der Waals surface area contributed by atoms with Crippen molar-refractivity contribution in [2.24, 2.45) is 11.1 Å². The summed E-state index contributed by atoms with van der Waals surface area (Å²) in [4.78, 5) is 12.3. The fourth-order valence-electron chi connectivity index (χ4n) is 2.31. The van der Waals surface area contributed by atoms with Gasteiger partial charge in [-0.3, -0.25) is 4.79 Å². The number of rotatable bonds is 6. The molecule has 1 aliphatic rings. The first-order valence-corrected chi connectivity index (χ1v) is 7.26. The third-order valence-electron chi connectivity index (χ3n) is 3.91. The normalized spacial score (nSPS) is 15.0. The zero-order valence-electron chi connectivity index (χ0n) is 12.4. The third-order valence-corrected chi connectivity index (χ3v) is 3.91. The standard InChI is InChI=1S/C17H22N2O2/c1-21-12-10-17(8-9-17)13-19-16(20)15-7-3-2-5-14(15)6-4-11-18/h2-3,5,7H,8-13,18H2,1H3,(H,19,20). The average molecular weight is 286 g/mol. The maximum absolute atomic E-state index is 12.3. The lowest BCUT2D eigenvalue weighted by Gasteiger charge is -2.15. The van der Waals surface area contributed by atoms with Crippen molar-refractivity contribution in [2.75, 3.05) is 26.8 Å². The number of nitrogens with one attached hydrogen (secondary N) is 1. The van der Waals surface area contributed by atoms with Gasteiger partial charge >= 0.3 is 0 Å². The van der Waals surface area contributed by atoms with E-state index in [2.05, 4.69) is 17.2 Å². The molecule has 0 radical (unpaired) electrons. The van der Waals surface area contributed by atoms with E-state index in [1.807, 2.05) is 18.2 Å². The Kier molecular flexibility index (Phi) is 5.38. The number of hydrogen-bond acceptors (Lipinski definition) is 3. The van der Waals surface area contributed by atoms with E-state index in [1.165, 1.54) is 0 Å². The molecule has 4 heteroatoms. The summed E-state index contributed by atoms with van der Waals surface area (Å²) in [5.74, 6) is 5.67. The zero-order chi connectivity index (χ0) is 15.1. The Bertz CT molecular complexity index is 553. The van der Waals surface area contributed by atoms with Gasteiger partial charge in [0.25, 0.3) is 5.91 Å². The van der Waals surface area contributed by atoms with E-state index in [0.29, 0.717) is 12.1 Å². The van der Waals surface area contributed by atoms with E-state index in [9.17, 15) is 4.79 Å². The molecule has 21 heavy (non-hydrogen) atoms. The molecular formula is C17H22N2O2. The number of hydrogen-bond donors (Lipinski definition) is 2. The van der Waals surface area contributed by atoms with Gasteiger partial charge in [-0.1, -0.05) is 24.0 Å². The van der Waals surface area contributed by atoms with E-state index < -0.39 is 0 Å². The molecule has 1 saturated carbocycles. The molecule has 0 bridgehead atoms. The number of benzene rings is 1. The number of methoxy groups -OCH3 is 1. The van der Waals surface area contributed by atoms with Gasteiger partial charge in [0, 0.05) is 25.8 Å². The van der Waals surface area contributed by atoms with Crippen LogP contribution in [0.2, 0.25) is 0 Å². The highest BCUT2D eigenvalue weighted by atomic mass is 16.5. The van der Waals surface area contributed by atoms with Crippen LogP contribution in [0.5, 0.6) is 0 Å². The molecule has 0 unspecified atom stereocenters. The van der Waals surface area contributed by atoms with Gasteiger partial charge in [-0.05, 0) is 36.8 Å². The molecule has 0 atom stereocenters. The van der Waals surface area contributed by atoms with Crippen LogP contribution in [0, 0.1) is 17.3 Å². The lowest BCUT2D eigenvalue weighted by atomic mass is 10.0. The first kappa shape index (κ1) is 15.6. The zero-order valence-corrected chi connectivity index (χ0v) is 12.4. The summed E-state index contributed by atoms with van der Waals surface area (Å²) in [5, 5.41) is 3.03. The molecule has 1 amide bonds. The molecule has 1 aliphatic carbocycles. The predicted molar refractivity (Wildman–Crippen MR) is 82.9 cm³/mol. The highest BCUT2D eigenvalue weighted by Crippen LogP contribution is 2.48. The largest absolute Gasteiger partial charge is 0.385 e. The van der Waals surface area contributed by atoms with Crippen LogP contribution in [0.1, 0.15) is 35.2 Å². The smallest absolute Gasteiger partial charge is 0.252 e. The number of carbonyl (C=O) groups is 1. The Morgan fingerprint density at radius 3 is 2.86 bits per heavy atom. The lowest BCUT2D eigenvalue weighted by Crippen LogP contribution is -2.31. The van der Waals surface area contributed by atoms with Crippen LogP contribution in [-0.4, -0.2) is 32.7 Å². The van der Waals surface area contributed by atoms with Crippen LogP contribution in [0.4, 0.5) is 0 Å². The second-order valence-corrected chi connectivity index (χ2v) is 5.48. The molecule has 1 aromatic carbocycles. The number of ether oxygens (including phenoxy) is 1. The summed E-state index contributed by atoms with van der Waals surface area (Å²) in [6, 6.07) is 7.36. The lowest BCUT2D eigenvalue weighted by molar-refractivity contribution is 0.0937. The molecule has 4 nitrogen and oxygen atoms in total. The molecular weight excluding hydrogens is 264 g/mol. The van der Waals surface area contributed by atoms with Gasteiger partial charge in [-0.25, -0.2) is 0 Å². The van der Waals surface area contributed by atoms with E-state index in [1.54, 1.807) is 13.2 Å². The topological polar surface area (TPSA) is 64.3 Å². The molecule has 0 aliphatic heterocycles. The first-order valence-electron chi connectivity index (χ1n) is 7.26. The Labute approximate surface area is 126 Å². The summed E-state index contributed by atoms with van der Waals surface area (Å²) < 4.78 is 5.13. The van der Waals surface area contributed by atoms with E-state index in [4.69, 9.17) is 10.5 Å². The maximum atomic E-state index is 12.3. The highest BCUT2D eigenvalue weighted by molar-refractivity contribution is 5.96. The minimum Gasteiger partial charge on any atom is -0.385 e. The van der Waals surface area contributed by atoms with Gasteiger partial charge < -0.3 is 15.8 Å². The van der Waals surface area contributed by atoms with E-state index >= 15 is 0 Å². The summed E-state index contributed by atoms with van der Waals surface area (Å²) in [6.07, 6.45) is 3.31. The fourth-order valence-corrected chi connectivity index (χ4v) is 2.31. The van der Waals surface area contributed by atoms with Gasteiger partial charge in [0.1, 0.15) is 0 Å². The number of nitrogens with two attached hydrogens (primary N) is 1. The minimum absolute atomic E-state index is 0.0689. The molecule has 0 heterocycles. The van der Waals surface area contributed by atoms with Gasteiger partial charge in [-0.15, -0.1) is 0 Å². The van der Waals surface area contributed by atoms with E-state index in [0.717, 1.165) is 31.4 Å². The molecule has 1 aromatic rings. The highest BCUT2D eigenvalue weighted by Gasteiger charge is 2.42. The van der Waals surface area contributed by atoms with Crippen LogP contribution in [0.25, 0.3) is 0 Å². The van der Waals surface area contributed by atoms with Crippen LogP contribution in [0.15, 0.2) is 24.3 Å².